The Kier molecular flexibility index (Phi) is 7.17. The first kappa shape index (κ1) is 31.2. The molecule has 0 saturated carbocycles. The summed E-state index contributed by atoms with van der Waals surface area (Å²) < 4.78 is 12.9. The molecule has 0 unspecified atom stereocenters. The summed E-state index contributed by atoms with van der Waals surface area (Å²) in [6.07, 6.45) is 0. The van der Waals surface area contributed by atoms with Gasteiger partial charge in [0.05, 0.1) is 5.69 Å². The van der Waals surface area contributed by atoms with E-state index in [9.17, 15) is 0 Å². The number of furan rings is 2. The molecule has 0 saturated heterocycles. The molecule has 0 bridgehead atoms. The van der Waals surface area contributed by atoms with Crippen molar-refractivity contribution >= 4 is 71.7 Å². The molecule has 0 fully saturated rings. The van der Waals surface area contributed by atoms with Crippen LogP contribution in [0.25, 0.3) is 88.0 Å². The van der Waals surface area contributed by atoms with E-state index in [4.69, 9.17) is 8.83 Å². The molecular weight excluding hydrogens is 671 g/mol. The third-order valence-electron chi connectivity index (χ3n) is 10.9. The van der Waals surface area contributed by atoms with Gasteiger partial charge in [-0.3, -0.25) is 0 Å². The minimum absolute atomic E-state index is 0.863. The summed E-state index contributed by atoms with van der Waals surface area (Å²) in [5.41, 5.74) is 13.7. The first-order chi connectivity index (χ1) is 27.3. The smallest absolute Gasteiger partial charge is 0.143 e. The average Bonchev–Trinajstić information content (AvgIpc) is 3.82. The Morgan fingerprint density at radius 2 is 0.909 bits per heavy atom. The number of fused-ring (bicyclic) bond motifs is 7. The molecular formula is C52H33NO2. The monoisotopic (exact) mass is 703 g/mol. The zero-order valence-corrected chi connectivity index (χ0v) is 29.8. The van der Waals surface area contributed by atoms with Crippen molar-refractivity contribution < 1.29 is 8.83 Å². The fourth-order valence-corrected chi connectivity index (χ4v) is 8.25. The lowest BCUT2D eigenvalue weighted by Gasteiger charge is -2.27. The first-order valence-electron chi connectivity index (χ1n) is 18.7. The van der Waals surface area contributed by atoms with Crippen molar-refractivity contribution in [1.82, 2.24) is 0 Å². The lowest BCUT2D eigenvalue weighted by molar-refractivity contribution is 0.669. The maximum atomic E-state index is 6.48. The fraction of sp³-hybridized carbons (Fsp3) is 0. The van der Waals surface area contributed by atoms with Crippen LogP contribution in [0.3, 0.4) is 0 Å². The Labute approximate surface area is 317 Å². The molecule has 2 aromatic heterocycles. The maximum absolute atomic E-state index is 6.48. The lowest BCUT2D eigenvalue weighted by atomic mass is 9.96. The average molecular weight is 704 g/mol. The number of rotatable bonds is 6. The SMILES string of the molecule is c1ccc(-c2ccc(N(c3ccc(-c4ccc5oc6c(-c7ccccc7)cccc6c5c4)cc3)c3ccc4c(c3)oc3ccccc34)c3ccccc23)cc1. The molecule has 2 heterocycles. The highest BCUT2D eigenvalue weighted by atomic mass is 16.3. The van der Waals surface area contributed by atoms with Gasteiger partial charge in [0.2, 0.25) is 0 Å². The van der Waals surface area contributed by atoms with Gasteiger partial charge in [-0.1, -0.05) is 146 Å². The molecule has 3 heteroatoms. The zero-order chi connectivity index (χ0) is 36.3. The van der Waals surface area contributed by atoms with Gasteiger partial charge in [-0.05, 0) is 81.7 Å². The second kappa shape index (κ2) is 12.6. The number of para-hydroxylation sites is 2. The predicted octanol–water partition coefficient (Wildman–Crippen LogP) is 15.1. The van der Waals surface area contributed by atoms with E-state index in [1.807, 2.05) is 18.2 Å². The van der Waals surface area contributed by atoms with E-state index in [-0.39, 0.29) is 0 Å². The van der Waals surface area contributed by atoms with Crippen LogP contribution < -0.4 is 4.90 Å². The van der Waals surface area contributed by atoms with Gasteiger partial charge in [0.15, 0.2) is 0 Å². The number of hydrogen-bond acceptors (Lipinski definition) is 3. The van der Waals surface area contributed by atoms with Crippen LogP contribution in [0.15, 0.2) is 209 Å². The van der Waals surface area contributed by atoms with Gasteiger partial charge < -0.3 is 13.7 Å². The fourth-order valence-electron chi connectivity index (χ4n) is 8.25. The molecule has 0 atom stereocenters. The predicted molar refractivity (Wildman–Crippen MR) is 229 cm³/mol. The Morgan fingerprint density at radius 3 is 1.71 bits per heavy atom. The molecule has 0 radical (unpaired) electrons. The number of hydrogen-bond donors (Lipinski definition) is 0. The van der Waals surface area contributed by atoms with E-state index in [2.05, 4.69) is 187 Å². The summed E-state index contributed by atoms with van der Waals surface area (Å²) in [4.78, 5) is 2.35. The van der Waals surface area contributed by atoms with E-state index in [0.717, 1.165) is 83.2 Å². The van der Waals surface area contributed by atoms with Crippen LogP contribution in [0.4, 0.5) is 17.1 Å². The van der Waals surface area contributed by atoms with Gasteiger partial charge in [-0.25, -0.2) is 0 Å². The minimum Gasteiger partial charge on any atom is -0.456 e. The summed E-state index contributed by atoms with van der Waals surface area (Å²) in [5, 5.41) is 6.83. The first-order valence-corrected chi connectivity index (χ1v) is 18.7. The van der Waals surface area contributed by atoms with E-state index in [1.165, 1.54) is 21.9 Å². The number of nitrogens with zero attached hydrogens (tertiary/aromatic N) is 1. The van der Waals surface area contributed by atoms with Crippen LogP contribution >= 0.6 is 0 Å². The van der Waals surface area contributed by atoms with Gasteiger partial charge >= 0.3 is 0 Å². The zero-order valence-electron chi connectivity index (χ0n) is 29.8. The van der Waals surface area contributed by atoms with E-state index >= 15 is 0 Å². The van der Waals surface area contributed by atoms with Crippen LogP contribution in [0, 0.1) is 0 Å². The van der Waals surface area contributed by atoms with Gasteiger partial charge in [0, 0.05) is 49.9 Å². The minimum atomic E-state index is 0.863. The van der Waals surface area contributed by atoms with Gasteiger partial charge in [-0.2, -0.15) is 0 Å². The lowest BCUT2D eigenvalue weighted by Crippen LogP contribution is -2.10. The largest absolute Gasteiger partial charge is 0.456 e. The second-order valence-corrected chi connectivity index (χ2v) is 14.1. The van der Waals surface area contributed by atoms with Crippen molar-refractivity contribution in [3.63, 3.8) is 0 Å². The van der Waals surface area contributed by atoms with Crippen molar-refractivity contribution in [2.75, 3.05) is 4.90 Å². The molecule has 258 valence electrons. The molecule has 0 aliphatic rings. The summed E-state index contributed by atoms with van der Waals surface area (Å²) in [6, 6.07) is 70.9. The molecule has 11 aromatic rings. The van der Waals surface area contributed by atoms with Crippen molar-refractivity contribution in [2.45, 2.75) is 0 Å². The summed E-state index contributed by atoms with van der Waals surface area (Å²) in [5.74, 6) is 0. The number of benzene rings is 9. The molecule has 0 aliphatic heterocycles. The van der Waals surface area contributed by atoms with Gasteiger partial charge in [0.25, 0.3) is 0 Å². The van der Waals surface area contributed by atoms with E-state index < -0.39 is 0 Å². The molecule has 55 heavy (non-hydrogen) atoms. The highest BCUT2D eigenvalue weighted by Crippen LogP contribution is 2.44. The second-order valence-electron chi connectivity index (χ2n) is 14.1. The van der Waals surface area contributed by atoms with Gasteiger partial charge in [-0.15, -0.1) is 0 Å². The van der Waals surface area contributed by atoms with Crippen molar-refractivity contribution in [2.24, 2.45) is 0 Å². The van der Waals surface area contributed by atoms with Crippen molar-refractivity contribution in [1.29, 1.82) is 0 Å². The summed E-state index contributed by atoms with van der Waals surface area (Å²) in [6.45, 7) is 0. The summed E-state index contributed by atoms with van der Waals surface area (Å²) >= 11 is 0. The molecule has 11 rings (SSSR count). The standard InChI is InChI=1S/C52H33NO2/c1-3-12-35(13-4-1)40-29-30-48(43-17-8-7-16-42(40)43)53(39-27-28-45-44-18-9-10-21-49(44)54-51(45)33-39)38-25-22-34(23-26-38)37-24-31-50-47(32-37)46-20-11-19-41(52(46)55-50)36-14-5-2-6-15-36/h1-33H. The molecule has 0 amide bonds. The highest BCUT2D eigenvalue weighted by Gasteiger charge is 2.20. The quantitative estimate of drug-likeness (QED) is 0.173. The topological polar surface area (TPSA) is 29.5 Å². The Bertz CT molecular complexity index is 3190. The van der Waals surface area contributed by atoms with E-state index in [1.54, 1.807) is 0 Å². The molecule has 3 nitrogen and oxygen atoms in total. The normalized spacial score (nSPS) is 11.6. The molecule has 0 aliphatic carbocycles. The Balaban J connectivity index is 1.05. The van der Waals surface area contributed by atoms with Crippen LogP contribution in [-0.4, -0.2) is 0 Å². The third-order valence-corrected chi connectivity index (χ3v) is 10.9. The van der Waals surface area contributed by atoms with Crippen LogP contribution in [0.2, 0.25) is 0 Å². The van der Waals surface area contributed by atoms with Crippen LogP contribution in [-0.2, 0) is 0 Å². The molecule has 9 aromatic carbocycles. The highest BCUT2D eigenvalue weighted by molar-refractivity contribution is 6.11. The third kappa shape index (κ3) is 5.20. The molecule has 0 N–H and O–H groups in total. The molecule has 0 spiro atoms. The summed E-state index contributed by atoms with van der Waals surface area (Å²) in [7, 11) is 0. The van der Waals surface area contributed by atoms with Crippen molar-refractivity contribution in [3.05, 3.63) is 200 Å². The van der Waals surface area contributed by atoms with Crippen molar-refractivity contribution in [3.8, 4) is 33.4 Å². The van der Waals surface area contributed by atoms with Crippen LogP contribution in [0.5, 0.6) is 0 Å². The Morgan fingerprint density at radius 1 is 0.291 bits per heavy atom. The Hall–Kier alpha value is -7.36. The van der Waals surface area contributed by atoms with E-state index in [0.29, 0.717) is 0 Å². The number of anilines is 3. The van der Waals surface area contributed by atoms with Crippen LogP contribution in [0.1, 0.15) is 0 Å². The van der Waals surface area contributed by atoms with Gasteiger partial charge in [0.1, 0.15) is 22.3 Å². The maximum Gasteiger partial charge on any atom is 0.143 e.